The van der Waals surface area contributed by atoms with Crippen LogP contribution in [0.2, 0.25) is 0 Å². The van der Waals surface area contributed by atoms with Crippen molar-refractivity contribution >= 4 is 15.9 Å². The van der Waals surface area contributed by atoms with Gasteiger partial charge in [-0.15, -0.1) is 0 Å². The maximum atomic E-state index is 5.74. The van der Waals surface area contributed by atoms with E-state index in [1.807, 2.05) is 0 Å². The largest absolute Gasteiger partial charge is 0.492 e. The van der Waals surface area contributed by atoms with Crippen LogP contribution >= 0.6 is 15.9 Å². The summed E-state index contributed by atoms with van der Waals surface area (Å²) in [7, 11) is 2.07. The fourth-order valence-electron chi connectivity index (χ4n) is 3.41. The van der Waals surface area contributed by atoms with Crippen molar-refractivity contribution in [3.63, 3.8) is 0 Å². The Morgan fingerprint density at radius 2 is 2.05 bits per heavy atom. The molecule has 2 rings (SSSR count). The van der Waals surface area contributed by atoms with Crippen LogP contribution in [0.5, 0.6) is 5.75 Å². The van der Waals surface area contributed by atoms with Gasteiger partial charge in [-0.2, -0.15) is 0 Å². The van der Waals surface area contributed by atoms with Crippen molar-refractivity contribution in [2.45, 2.75) is 52.0 Å². The van der Waals surface area contributed by atoms with Crippen molar-refractivity contribution in [2.75, 3.05) is 13.7 Å². The summed E-state index contributed by atoms with van der Waals surface area (Å²) in [6, 6.07) is 6.94. The maximum Gasteiger partial charge on any atom is 0.133 e. The van der Waals surface area contributed by atoms with Crippen molar-refractivity contribution in [1.82, 2.24) is 5.32 Å². The highest BCUT2D eigenvalue weighted by Gasteiger charge is 2.37. The fraction of sp³-hybridized carbons (Fsp3) is 0.647. The molecule has 20 heavy (non-hydrogen) atoms. The summed E-state index contributed by atoms with van der Waals surface area (Å²) in [6.07, 6.45) is 6.36. The van der Waals surface area contributed by atoms with E-state index in [1.54, 1.807) is 0 Å². The molecule has 3 heteroatoms. The molecular formula is C17H26BrNO. The normalized spacial score (nSPS) is 19.0. The van der Waals surface area contributed by atoms with E-state index in [0.29, 0.717) is 11.5 Å². The van der Waals surface area contributed by atoms with Gasteiger partial charge in [-0.3, -0.25) is 0 Å². The maximum absolute atomic E-state index is 5.74. The number of nitrogens with one attached hydrogen (secondary N) is 1. The number of halogens is 1. The smallest absolute Gasteiger partial charge is 0.133 e. The zero-order chi connectivity index (χ0) is 14.6. The third-order valence-electron chi connectivity index (χ3n) is 4.48. The molecule has 0 aromatic heterocycles. The molecule has 112 valence electrons. The lowest BCUT2D eigenvalue weighted by Crippen LogP contribution is -2.32. The van der Waals surface area contributed by atoms with Gasteiger partial charge in [0.15, 0.2) is 0 Å². The van der Waals surface area contributed by atoms with Crippen LogP contribution in [0.3, 0.4) is 0 Å². The number of ether oxygens (including phenoxy) is 1. The number of hydrogen-bond donors (Lipinski definition) is 1. The van der Waals surface area contributed by atoms with Crippen molar-refractivity contribution < 1.29 is 4.74 Å². The monoisotopic (exact) mass is 339 g/mol. The number of hydrogen-bond acceptors (Lipinski definition) is 2. The van der Waals surface area contributed by atoms with E-state index < -0.39 is 0 Å². The van der Waals surface area contributed by atoms with Crippen LogP contribution in [0.15, 0.2) is 22.7 Å². The van der Waals surface area contributed by atoms with Crippen LogP contribution in [0.1, 0.15) is 57.6 Å². The van der Waals surface area contributed by atoms with Crippen molar-refractivity contribution in [1.29, 1.82) is 0 Å². The van der Waals surface area contributed by atoms with Gasteiger partial charge in [0.1, 0.15) is 5.75 Å². The van der Waals surface area contributed by atoms with Gasteiger partial charge in [-0.1, -0.05) is 32.8 Å². The van der Waals surface area contributed by atoms with Gasteiger partial charge in [0.25, 0.3) is 0 Å². The molecule has 1 atom stereocenters. The fourth-order valence-corrected chi connectivity index (χ4v) is 3.93. The molecule has 0 aliphatic heterocycles. The second-order valence-electron chi connectivity index (χ2n) is 6.12. The zero-order valence-corrected chi connectivity index (χ0v) is 14.4. The van der Waals surface area contributed by atoms with Crippen molar-refractivity contribution in [3.8, 4) is 5.75 Å². The first-order valence-corrected chi connectivity index (χ1v) is 8.49. The molecule has 2 nitrogen and oxygen atoms in total. The van der Waals surface area contributed by atoms with Crippen molar-refractivity contribution in [3.05, 3.63) is 28.2 Å². The molecule has 0 spiro atoms. The average molecular weight is 340 g/mol. The minimum Gasteiger partial charge on any atom is -0.492 e. The Balaban J connectivity index is 2.20. The van der Waals surface area contributed by atoms with Crippen LogP contribution in [-0.2, 0) is 0 Å². The first-order valence-electron chi connectivity index (χ1n) is 7.70. The van der Waals surface area contributed by atoms with Gasteiger partial charge in [-0.25, -0.2) is 0 Å². The number of rotatable bonds is 6. The molecule has 0 heterocycles. The summed E-state index contributed by atoms with van der Waals surface area (Å²) in [4.78, 5) is 0. The highest BCUT2D eigenvalue weighted by atomic mass is 79.9. The Bertz CT molecular complexity index is 441. The Morgan fingerprint density at radius 3 is 2.60 bits per heavy atom. The molecule has 1 aromatic rings. The lowest BCUT2D eigenvalue weighted by molar-refractivity contribution is 0.233. The Kier molecular flexibility index (Phi) is 5.50. The Hall–Kier alpha value is -0.540. The SMILES string of the molecule is CCCOc1ccc(C(NC)C2(C)CCCC2)cc1Br. The van der Waals surface area contributed by atoms with E-state index in [1.165, 1.54) is 31.2 Å². The highest BCUT2D eigenvalue weighted by Crippen LogP contribution is 2.47. The predicted molar refractivity (Wildman–Crippen MR) is 88.3 cm³/mol. The molecule has 1 N–H and O–H groups in total. The molecule has 1 saturated carbocycles. The van der Waals surface area contributed by atoms with E-state index in [-0.39, 0.29) is 0 Å². The predicted octanol–water partition coefficient (Wildman–Crippen LogP) is 5.08. The molecule has 1 unspecified atom stereocenters. The minimum atomic E-state index is 0.375. The van der Waals surface area contributed by atoms with E-state index in [2.05, 4.69) is 60.3 Å². The quantitative estimate of drug-likeness (QED) is 0.780. The lowest BCUT2D eigenvalue weighted by atomic mass is 9.77. The lowest BCUT2D eigenvalue weighted by Gasteiger charge is -2.34. The molecule has 1 aliphatic carbocycles. The molecule has 1 aliphatic rings. The average Bonchev–Trinajstić information content (AvgIpc) is 2.86. The van der Waals surface area contributed by atoms with Gasteiger partial charge in [-0.05, 0) is 65.4 Å². The molecule has 0 radical (unpaired) electrons. The molecule has 0 bridgehead atoms. The molecule has 1 fully saturated rings. The van der Waals surface area contributed by atoms with Crippen LogP contribution in [0, 0.1) is 5.41 Å². The van der Waals surface area contributed by atoms with Crippen LogP contribution in [-0.4, -0.2) is 13.7 Å². The molecule has 1 aromatic carbocycles. The van der Waals surface area contributed by atoms with Crippen molar-refractivity contribution in [2.24, 2.45) is 5.41 Å². The van der Waals surface area contributed by atoms with Gasteiger partial charge in [0, 0.05) is 6.04 Å². The third kappa shape index (κ3) is 3.37. The summed E-state index contributed by atoms with van der Waals surface area (Å²) < 4.78 is 6.80. The summed E-state index contributed by atoms with van der Waals surface area (Å²) in [5.74, 6) is 0.946. The van der Waals surface area contributed by atoms with Gasteiger partial charge < -0.3 is 10.1 Å². The van der Waals surface area contributed by atoms with Crippen LogP contribution in [0.25, 0.3) is 0 Å². The molecular weight excluding hydrogens is 314 g/mol. The second kappa shape index (κ2) is 6.95. The summed E-state index contributed by atoms with van der Waals surface area (Å²) in [5, 5.41) is 3.53. The second-order valence-corrected chi connectivity index (χ2v) is 6.98. The van der Waals surface area contributed by atoms with E-state index in [4.69, 9.17) is 4.74 Å². The molecule has 0 amide bonds. The Morgan fingerprint density at radius 1 is 1.35 bits per heavy atom. The Labute approximate surface area is 131 Å². The van der Waals surface area contributed by atoms with Crippen LogP contribution < -0.4 is 10.1 Å². The van der Waals surface area contributed by atoms with E-state index in [9.17, 15) is 0 Å². The first kappa shape index (κ1) is 15.8. The summed E-state index contributed by atoms with van der Waals surface area (Å²) >= 11 is 3.65. The van der Waals surface area contributed by atoms with E-state index >= 15 is 0 Å². The molecule has 0 saturated heterocycles. The number of benzene rings is 1. The van der Waals surface area contributed by atoms with Crippen LogP contribution in [0.4, 0.5) is 0 Å². The van der Waals surface area contributed by atoms with Gasteiger partial charge in [0.2, 0.25) is 0 Å². The van der Waals surface area contributed by atoms with Gasteiger partial charge >= 0.3 is 0 Å². The topological polar surface area (TPSA) is 21.3 Å². The third-order valence-corrected chi connectivity index (χ3v) is 5.10. The highest BCUT2D eigenvalue weighted by molar-refractivity contribution is 9.10. The minimum absolute atomic E-state index is 0.375. The van der Waals surface area contributed by atoms with E-state index in [0.717, 1.165) is 23.2 Å². The summed E-state index contributed by atoms with van der Waals surface area (Å²) in [6.45, 7) is 5.31. The first-order chi connectivity index (χ1) is 9.60. The van der Waals surface area contributed by atoms with Gasteiger partial charge in [0.05, 0.1) is 11.1 Å². The summed E-state index contributed by atoms with van der Waals surface area (Å²) in [5.41, 5.74) is 1.73. The zero-order valence-electron chi connectivity index (χ0n) is 12.8. The standard InChI is InChI=1S/C17H26BrNO/c1-4-11-20-15-8-7-13(12-14(15)18)16(19-3)17(2)9-5-6-10-17/h7-8,12,16,19H,4-6,9-11H2,1-3H3.